The number of ether oxygens (including phenoxy) is 3. The number of aromatic hydroxyl groups is 1. The quantitative estimate of drug-likeness (QED) is 0.716. The zero-order valence-electron chi connectivity index (χ0n) is 17.6. The maximum Gasteiger partial charge on any atom is 0.198 e. The van der Waals surface area contributed by atoms with Crippen LogP contribution in [0.5, 0.6) is 11.5 Å². The molecule has 1 saturated heterocycles. The van der Waals surface area contributed by atoms with E-state index in [0.717, 1.165) is 0 Å². The number of phenolic OH excluding ortho intramolecular Hbond substituents is 1. The molecule has 0 unspecified atom stereocenters. The predicted octanol–water partition coefficient (Wildman–Crippen LogP) is 3.99. The monoisotopic (exact) mass is 422 g/mol. The highest BCUT2D eigenvalue weighted by Gasteiger charge is 2.54. The van der Waals surface area contributed by atoms with Gasteiger partial charge in [-0.1, -0.05) is 12.1 Å². The second-order valence-electron chi connectivity index (χ2n) is 8.64. The Bertz CT molecular complexity index is 1250. The fourth-order valence-electron chi connectivity index (χ4n) is 4.99. The predicted molar refractivity (Wildman–Crippen MR) is 112 cm³/mol. The lowest BCUT2D eigenvalue weighted by Gasteiger charge is -2.35. The highest BCUT2D eigenvalue weighted by molar-refractivity contribution is 6.31. The minimum atomic E-state index is -1.09. The van der Waals surface area contributed by atoms with Gasteiger partial charge in [0.1, 0.15) is 22.9 Å². The lowest BCUT2D eigenvalue weighted by Crippen LogP contribution is -2.42. The van der Waals surface area contributed by atoms with Gasteiger partial charge in [-0.3, -0.25) is 9.59 Å². The highest BCUT2D eigenvalue weighted by atomic mass is 16.8. The Hall–Kier alpha value is -3.16. The number of aliphatic hydroxyl groups excluding tert-OH is 1. The molecule has 1 aliphatic heterocycles. The number of methoxy groups -OCH3 is 1. The van der Waals surface area contributed by atoms with Gasteiger partial charge in [0, 0.05) is 28.3 Å². The molecule has 1 heterocycles. The lowest BCUT2D eigenvalue weighted by atomic mass is 9.73. The lowest BCUT2D eigenvalue weighted by molar-refractivity contribution is -0.155. The summed E-state index contributed by atoms with van der Waals surface area (Å²) in [7, 11) is 1.49. The molecule has 5 rings (SSSR count). The summed E-state index contributed by atoms with van der Waals surface area (Å²) in [6.45, 7) is 5.30. The van der Waals surface area contributed by atoms with E-state index in [1.807, 2.05) is 0 Å². The average Bonchev–Trinajstić information content (AvgIpc) is 2.92. The number of carbonyl (C=O) groups is 2. The van der Waals surface area contributed by atoms with Crippen LogP contribution in [0.15, 0.2) is 47.2 Å². The fraction of sp³-hybridized carbons (Fsp3) is 0.333. The van der Waals surface area contributed by atoms with Gasteiger partial charge >= 0.3 is 0 Å². The Morgan fingerprint density at radius 1 is 1.13 bits per heavy atom. The average molecular weight is 422 g/mol. The summed E-state index contributed by atoms with van der Waals surface area (Å²) in [6, 6.07) is 6.60. The van der Waals surface area contributed by atoms with Crippen molar-refractivity contribution in [3.63, 3.8) is 0 Å². The van der Waals surface area contributed by atoms with Crippen LogP contribution in [0.1, 0.15) is 47.9 Å². The Balaban J connectivity index is 1.71. The van der Waals surface area contributed by atoms with Crippen LogP contribution < -0.4 is 4.74 Å². The van der Waals surface area contributed by atoms with E-state index in [9.17, 15) is 19.8 Å². The Morgan fingerprint density at radius 3 is 2.52 bits per heavy atom. The Labute approximate surface area is 178 Å². The molecule has 0 bridgehead atoms. The van der Waals surface area contributed by atoms with Gasteiger partial charge in [-0.25, -0.2) is 0 Å². The van der Waals surface area contributed by atoms with Crippen molar-refractivity contribution in [2.45, 2.75) is 44.7 Å². The molecule has 2 atom stereocenters. The topological polar surface area (TPSA) is 102 Å². The SMILES string of the molecule is COc1cccc2c(O)c3c(cc12)C(=O)C1=C(C[C@@]2(C=C1O)OC(C)(C)O[C@@H]2C)C3=O. The summed E-state index contributed by atoms with van der Waals surface area (Å²) >= 11 is 0. The number of hydrogen-bond acceptors (Lipinski definition) is 7. The van der Waals surface area contributed by atoms with Gasteiger partial charge < -0.3 is 24.4 Å². The third-order valence-corrected chi connectivity index (χ3v) is 6.29. The van der Waals surface area contributed by atoms with Gasteiger partial charge in [0.15, 0.2) is 17.4 Å². The Kier molecular flexibility index (Phi) is 3.95. The van der Waals surface area contributed by atoms with E-state index in [4.69, 9.17) is 14.2 Å². The molecule has 0 radical (unpaired) electrons. The third kappa shape index (κ3) is 2.60. The van der Waals surface area contributed by atoms with Gasteiger partial charge in [-0.2, -0.15) is 0 Å². The first-order valence-electron chi connectivity index (χ1n) is 10.0. The molecular formula is C24H22O7. The highest BCUT2D eigenvalue weighted by Crippen LogP contribution is 2.49. The van der Waals surface area contributed by atoms with Crippen molar-refractivity contribution in [2.75, 3.05) is 7.11 Å². The van der Waals surface area contributed by atoms with Crippen molar-refractivity contribution in [1.82, 2.24) is 0 Å². The summed E-state index contributed by atoms with van der Waals surface area (Å²) in [4.78, 5) is 26.9. The van der Waals surface area contributed by atoms with Gasteiger partial charge in [-0.05, 0) is 39.0 Å². The smallest absolute Gasteiger partial charge is 0.198 e. The number of carbonyl (C=O) groups excluding carboxylic acids is 2. The minimum absolute atomic E-state index is 0.0334. The van der Waals surface area contributed by atoms with Crippen LogP contribution >= 0.6 is 0 Å². The fourth-order valence-corrected chi connectivity index (χ4v) is 4.99. The van der Waals surface area contributed by atoms with Crippen molar-refractivity contribution in [3.8, 4) is 11.5 Å². The number of Topliss-reactive ketones (excluding diaryl/α,β-unsaturated/α-hetero) is 2. The summed E-state index contributed by atoms with van der Waals surface area (Å²) < 4.78 is 17.3. The molecule has 2 aromatic rings. The first-order chi connectivity index (χ1) is 14.6. The van der Waals surface area contributed by atoms with E-state index >= 15 is 0 Å². The maximum absolute atomic E-state index is 13.5. The van der Waals surface area contributed by atoms with Gasteiger partial charge in [0.05, 0.1) is 24.4 Å². The number of rotatable bonds is 1. The summed E-state index contributed by atoms with van der Waals surface area (Å²) in [5.41, 5.74) is -1.07. The molecule has 2 N–H and O–H groups in total. The van der Waals surface area contributed by atoms with Crippen molar-refractivity contribution in [3.05, 3.63) is 58.4 Å². The molecule has 0 aromatic heterocycles. The van der Waals surface area contributed by atoms with Gasteiger partial charge in [0.25, 0.3) is 0 Å². The molecule has 31 heavy (non-hydrogen) atoms. The van der Waals surface area contributed by atoms with E-state index < -0.39 is 29.1 Å². The maximum atomic E-state index is 13.5. The van der Waals surface area contributed by atoms with E-state index in [1.54, 1.807) is 39.0 Å². The van der Waals surface area contributed by atoms with Crippen LogP contribution in [0.25, 0.3) is 10.8 Å². The zero-order chi connectivity index (χ0) is 22.3. The van der Waals surface area contributed by atoms with Crippen molar-refractivity contribution in [1.29, 1.82) is 0 Å². The number of hydrogen-bond donors (Lipinski definition) is 2. The number of benzene rings is 2. The number of fused-ring (bicyclic) bond motifs is 2. The largest absolute Gasteiger partial charge is 0.507 e. The Morgan fingerprint density at radius 2 is 1.87 bits per heavy atom. The second kappa shape index (κ2) is 6.18. The van der Waals surface area contributed by atoms with Crippen LogP contribution in [0.3, 0.4) is 0 Å². The molecule has 1 spiro atoms. The molecule has 160 valence electrons. The van der Waals surface area contributed by atoms with Crippen LogP contribution in [-0.2, 0) is 9.47 Å². The van der Waals surface area contributed by atoms with Gasteiger partial charge in [-0.15, -0.1) is 0 Å². The molecule has 2 aliphatic carbocycles. The van der Waals surface area contributed by atoms with Crippen molar-refractivity contribution >= 4 is 22.3 Å². The molecule has 2 aromatic carbocycles. The normalized spacial score (nSPS) is 26.8. The molecule has 7 nitrogen and oxygen atoms in total. The molecule has 1 fully saturated rings. The minimum Gasteiger partial charge on any atom is -0.507 e. The number of allylic oxidation sites excluding steroid dienone is 1. The molecule has 3 aliphatic rings. The van der Waals surface area contributed by atoms with E-state index in [2.05, 4.69) is 0 Å². The second-order valence-corrected chi connectivity index (χ2v) is 8.64. The third-order valence-electron chi connectivity index (χ3n) is 6.29. The van der Waals surface area contributed by atoms with Gasteiger partial charge in [0.2, 0.25) is 0 Å². The van der Waals surface area contributed by atoms with Crippen LogP contribution in [0.4, 0.5) is 0 Å². The van der Waals surface area contributed by atoms with E-state index in [-0.39, 0.29) is 40.2 Å². The van der Waals surface area contributed by atoms with Crippen LogP contribution in [0, 0.1) is 0 Å². The number of ketones is 2. The molecule has 0 amide bonds. The van der Waals surface area contributed by atoms with Crippen LogP contribution in [-0.4, -0.2) is 46.4 Å². The van der Waals surface area contributed by atoms with Crippen LogP contribution in [0.2, 0.25) is 0 Å². The number of phenols is 1. The molecular weight excluding hydrogens is 400 g/mol. The van der Waals surface area contributed by atoms with E-state index in [0.29, 0.717) is 16.5 Å². The first-order valence-corrected chi connectivity index (χ1v) is 10.0. The van der Waals surface area contributed by atoms with Crippen molar-refractivity contribution in [2.24, 2.45) is 0 Å². The molecule has 7 heteroatoms. The van der Waals surface area contributed by atoms with E-state index in [1.165, 1.54) is 19.3 Å². The zero-order valence-corrected chi connectivity index (χ0v) is 17.6. The van der Waals surface area contributed by atoms with Crippen molar-refractivity contribution < 1.29 is 34.0 Å². The first kappa shape index (κ1) is 19.8. The summed E-state index contributed by atoms with van der Waals surface area (Å²) in [5.74, 6) is -2.09. The molecule has 0 saturated carbocycles. The summed E-state index contributed by atoms with van der Waals surface area (Å²) in [6.07, 6.45) is 1.05. The standard InChI is InChI=1S/C24H22O7/c1-11-24(31-23(2,3)30-11)9-15-18(16(25)10-24)21(27)14-8-13-12(6-5-7-17(13)29-4)20(26)19(14)22(15)28/h5-8,10-11,25-26H,9H2,1-4H3/t11-,24+/m1/s1. The summed E-state index contributed by atoms with van der Waals surface area (Å²) in [5, 5.41) is 22.7. The number of aliphatic hydroxyl groups is 1.